The highest BCUT2D eigenvalue weighted by Crippen LogP contribution is 2.29. The van der Waals surface area contributed by atoms with Crippen molar-refractivity contribution in [3.05, 3.63) is 57.2 Å². The van der Waals surface area contributed by atoms with Gasteiger partial charge in [0.25, 0.3) is 5.91 Å². The molecular weight excluding hydrogens is 453 g/mol. The summed E-state index contributed by atoms with van der Waals surface area (Å²) in [4.78, 5) is 12.9. The van der Waals surface area contributed by atoms with Crippen molar-refractivity contribution in [3.8, 4) is 0 Å². The molecule has 1 amide bonds. The predicted molar refractivity (Wildman–Crippen MR) is 110 cm³/mol. The van der Waals surface area contributed by atoms with Crippen LogP contribution < -0.4 is 5.32 Å². The van der Waals surface area contributed by atoms with E-state index in [2.05, 4.69) is 15.6 Å². The van der Waals surface area contributed by atoms with Crippen LogP contribution in [0.5, 0.6) is 0 Å². The monoisotopic (exact) mass is 469 g/mol. The van der Waals surface area contributed by atoms with Crippen molar-refractivity contribution in [2.45, 2.75) is 31.8 Å². The number of carbonyl (C=O) groups excluding carboxylic acids is 1. The van der Waals surface area contributed by atoms with E-state index in [1.165, 1.54) is 16.6 Å². The standard InChI is InChI=1S/C18H17Cl2N5O4S/c1-10-17(11(2)29-23-10)30(27,28)24-5-6-25-16(9-24)13(8-21-25)18(26)22-15-4-3-12(19)7-14(15)20/h3-4,7-8H,5-6,9H2,1-2H3,(H,22,26). The van der Waals surface area contributed by atoms with E-state index in [4.69, 9.17) is 27.7 Å². The molecule has 0 aliphatic carbocycles. The second-order valence-corrected chi connectivity index (χ2v) is 9.52. The number of nitrogens with zero attached hydrogens (tertiary/aromatic N) is 4. The van der Waals surface area contributed by atoms with Gasteiger partial charge in [0.2, 0.25) is 10.0 Å². The lowest BCUT2D eigenvalue weighted by molar-refractivity contribution is 0.102. The van der Waals surface area contributed by atoms with Crippen molar-refractivity contribution < 1.29 is 17.7 Å². The highest BCUT2D eigenvalue weighted by atomic mass is 35.5. The molecule has 4 rings (SSSR count). The van der Waals surface area contributed by atoms with Crippen LogP contribution in [0.2, 0.25) is 10.0 Å². The highest BCUT2D eigenvalue weighted by Gasteiger charge is 2.35. The molecule has 0 unspecified atom stereocenters. The lowest BCUT2D eigenvalue weighted by Crippen LogP contribution is -2.39. The summed E-state index contributed by atoms with van der Waals surface area (Å²) < 4.78 is 34.2. The maximum atomic E-state index is 13.1. The van der Waals surface area contributed by atoms with E-state index in [0.717, 1.165) is 0 Å². The summed E-state index contributed by atoms with van der Waals surface area (Å²) in [6, 6.07) is 4.71. The van der Waals surface area contributed by atoms with Crippen molar-refractivity contribution in [3.63, 3.8) is 0 Å². The molecule has 2 aromatic heterocycles. The number of hydrogen-bond acceptors (Lipinski definition) is 6. The second-order valence-electron chi connectivity index (χ2n) is 6.80. The molecule has 0 fully saturated rings. The number of aromatic nitrogens is 3. The van der Waals surface area contributed by atoms with Gasteiger partial charge in [0.05, 0.1) is 41.3 Å². The Kier molecular flexibility index (Phi) is 5.35. The third kappa shape index (κ3) is 3.60. The molecule has 30 heavy (non-hydrogen) atoms. The van der Waals surface area contributed by atoms with Crippen molar-refractivity contribution in [1.82, 2.24) is 19.2 Å². The number of aryl methyl sites for hydroxylation is 2. The lowest BCUT2D eigenvalue weighted by atomic mass is 10.2. The number of fused-ring (bicyclic) bond motifs is 1. The normalized spacial score (nSPS) is 14.5. The van der Waals surface area contributed by atoms with E-state index < -0.39 is 15.9 Å². The van der Waals surface area contributed by atoms with Crippen LogP contribution in [0.4, 0.5) is 5.69 Å². The molecule has 12 heteroatoms. The molecule has 0 saturated carbocycles. The van der Waals surface area contributed by atoms with Gasteiger partial charge in [-0.1, -0.05) is 28.4 Å². The largest absolute Gasteiger partial charge is 0.360 e. The van der Waals surface area contributed by atoms with E-state index in [1.54, 1.807) is 30.7 Å². The summed E-state index contributed by atoms with van der Waals surface area (Å²) in [7, 11) is -3.84. The number of hydrogen-bond donors (Lipinski definition) is 1. The fourth-order valence-corrected chi connectivity index (χ4v) is 5.51. The number of anilines is 1. The van der Waals surface area contributed by atoms with Gasteiger partial charge in [0, 0.05) is 11.6 Å². The quantitative estimate of drug-likeness (QED) is 0.627. The fraction of sp³-hybridized carbons (Fsp3) is 0.278. The lowest BCUT2D eigenvalue weighted by Gasteiger charge is -2.27. The molecule has 1 aliphatic heterocycles. The number of amides is 1. The van der Waals surface area contributed by atoms with Crippen LogP contribution in [-0.2, 0) is 23.1 Å². The SMILES string of the molecule is Cc1noc(C)c1S(=O)(=O)N1CCn2ncc(C(=O)Nc3ccc(Cl)cc3Cl)c2C1. The first-order chi connectivity index (χ1) is 14.2. The van der Waals surface area contributed by atoms with Gasteiger partial charge in [-0.3, -0.25) is 9.48 Å². The summed E-state index contributed by atoms with van der Waals surface area (Å²) in [5, 5.41) is 11.4. The second kappa shape index (κ2) is 7.69. The maximum absolute atomic E-state index is 13.1. The minimum atomic E-state index is -3.84. The molecule has 0 atom stereocenters. The van der Waals surface area contributed by atoms with E-state index in [-0.39, 0.29) is 29.3 Å². The average molecular weight is 470 g/mol. The van der Waals surface area contributed by atoms with Crippen molar-refractivity contribution in [1.29, 1.82) is 0 Å². The zero-order chi connectivity index (χ0) is 21.6. The number of carbonyl (C=O) groups is 1. The number of nitrogens with one attached hydrogen (secondary N) is 1. The third-order valence-corrected chi connectivity index (χ3v) is 7.46. The fourth-order valence-electron chi connectivity index (χ4n) is 3.37. The number of halogens is 2. The smallest absolute Gasteiger partial charge is 0.259 e. The van der Waals surface area contributed by atoms with Crippen LogP contribution in [0.15, 0.2) is 33.8 Å². The first kappa shape index (κ1) is 20.9. The maximum Gasteiger partial charge on any atom is 0.259 e. The van der Waals surface area contributed by atoms with Gasteiger partial charge in [0.15, 0.2) is 5.76 Å². The summed E-state index contributed by atoms with van der Waals surface area (Å²) in [5.74, 6) is -0.223. The molecule has 1 N–H and O–H groups in total. The average Bonchev–Trinajstić information content (AvgIpc) is 3.26. The van der Waals surface area contributed by atoms with Crippen LogP contribution in [0, 0.1) is 13.8 Å². The van der Waals surface area contributed by atoms with E-state index in [1.807, 2.05) is 0 Å². The molecule has 158 valence electrons. The summed E-state index contributed by atoms with van der Waals surface area (Å²) in [6.07, 6.45) is 1.42. The molecule has 1 aliphatic rings. The van der Waals surface area contributed by atoms with Gasteiger partial charge in [-0.2, -0.15) is 9.40 Å². The Morgan fingerprint density at radius 2 is 2.00 bits per heavy atom. The van der Waals surface area contributed by atoms with Crippen molar-refractivity contribution in [2.24, 2.45) is 0 Å². The van der Waals surface area contributed by atoms with E-state index >= 15 is 0 Å². The molecule has 9 nitrogen and oxygen atoms in total. The molecular formula is C18H17Cl2N5O4S. The first-order valence-electron chi connectivity index (χ1n) is 8.92. The van der Waals surface area contributed by atoms with E-state index in [0.29, 0.717) is 33.7 Å². The minimum Gasteiger partial charge on any atom is -0.360 e. The molecule has 3 aromatic rings. The van der Waals surface area contributed by atoms with Gasteiger partial charge in [0.1, 0.15) is 10.6 Å². The molecule has 0 radical (unpaired) electrons. The van der Waals surface area contributed by atoms with Gasteiger partial charge in [-0.15, -0.1) is 0 Å². The van der Waals surface area contributed by atoms with E-state index in [9.17, 15) is 13.2 Å². The minimum absolute atomic E-state index is 0.0104. The molecule has 1 aromatic carbocycles. The van der Waals surface area contributed by atoms with Crippen molar-refractivity contribution in [2.75, 3.05) is 11.9 Å². The molecule has 0 spiro atoms. The van der Waals surface area contributed by atoms with Crippen molar-refractivity contribution >= 4 is 44.8 Å². The molecule has 0 saturated heterocycles. The number of sulfonamides is 1. The number of rotatable bonds is 4. The van der Waals surface area contributed by atoms with Gasteiger partial charge in [-0.05, 0) is 32.0 Å². The summed E-state index contributed by atoms with van der Waals surface area (Å²) in [5.41, 5.74) is 1.43. The van der Waals surface area contributed by atoms with Crippen LogP contribution in [0.25, 0.3) is 0 Å². The van der Waals surface area contributed by atoms with Crippen LogP contribution in [-0.4, -0.2) is 40.1 Å². The Morgan fingerprint density at radius 3 is 2.67 bits per heavy atom. The van der Waals surface area contributed by atoms with Crippen LogP contribution in [0.3, 0.4) is 0 Å². The zero-order valence-electron chi connectivity index (χ0n) is 16.0. The van der Waals surface area contributed by atoms with Gasteiger partial charge < -0.3 is 9.84 Å². The Balaban J connectivity index is 1.62. The Bertz CT molecular complexity index is 1230. The zero-order valence-corrected chi connectivity index (χ0v) is 18.3. The summed E-state index contributed by atoms with van der Waals surface area (Å²) in [6.45, 7) is 3.64. The first-order valence-corrected chi connectivity index (χ1v) is 11.1. The third-order valence-electron chi connectivity index (χ3n) is 4.83. The molecule has 0 bridgehead atoms. The summed E-state index contributed by atoms with van der Waals surface area (Å²) >= 11 is 12.0. The topological polar surface area (TPSA) is 110 Å². The predicted octanol–water partition coefficient (Wildman–Crippen LogP) is 3.25. The molecule has 3 heterocycles. The van der Waals surface area contributed by atoms with Crippen LogP contribution >= 0.6 is 23.2 Å². The Hall–Kier alpha value is -2.40. The Labute approximate surface area is 182 Å². The van der Waals surface area contributed by atoms with Gasteiger partial charge >= 0.3 is 0 Å². The van der Waals surface area contributed by atoms with Gasteiger partial charge in [-0.25, -0.2) is 8.42 Å². The highest BCUT2D eigenvalue weighted by molar-refractivity contribution is 7.89. The number of benzene rings is 1. The van der Waals surface area contributed by atoms with Crippen LogP contribution in [0.1, 0.15) is 27.5 Å². The Morgan fingerprint density at radius 1 is 1.23 bits per heavy atom.